The first kappa shape index (κ1) is 22.7. The van der Waals surface area contributed by atoms with Gasteiger partial charge in [-0.3, -0.25) is 9.59 Å². The molecule has 7 heteroatoms. The number of hydrogen-bond donors (Lipinski definition) is 1. The molecule has 1 aliphatic heterocycles. The van der Waals surface area contributed by atoms with Crippen molar-refractivity contribution in [1.29, 1.82) is 0 Å². The highest BCUT2D eigenvalue weighted by atomic mass is 35.5. The van der Waals surface area contributed by atoms with Crippen LogP contribution in [0.2, 0.25) is 0 Å². The van der Waals surface area contributed by atoms with Crippen LogP contribution in [0.15, 0.2) is 54.6 Å². The average molecular weight is 418 g/mol. The van der Waals surface area contributed by atoms with Crippen molar-refractivity contribution in [1.82, 2.24) is 15.1 Å². The molecule has 6 nitrogen and oxygen atoms in total. The third-order valence-corrected chi connectivity index (χ3v) is 4.86. The van der Waals surface area contributed by atoms with Gasteiger partial charge in [-0.1, -0.05) is 30.3 Å². The first-order valence-corrected chi connectivity index (χ1v) is 9.66. The van der Waals surface area contributed by atoms with E-state index in [1.165, 1.54) is 0 Å². The molecule has 3 rings (SSSR count). The average Bonchev–Trinajstić information content (AvgIpc) is 2.76. The Labute approximate surface area is 178 Å². The van der Waals surface area contributed by atoms with Gasteiger partial charge in [-0.15, -0.1) is 12.4 Å². The van der Waals surface area contributed by atoms with Gasteiger partial charge in [0.2, 0.25) is 5.91 Å². The summed E-state index contributed by atoms with van der Waals surface area (Å²) in [6.45, 7) is 3.49. The van der Waals surface area contributed by atoms with Crippen LogP contribution in [0.5, 0.6) is 5.75 Å². The summed E-state index contributed by atoms with van der Waals surface area (Å²) in [5, 5.41) is 2.99. The van der Waals surface area contributed by atoms with Crippen molar-refractivity contribution in [3.8, 4) is 5.75 Å². The summed E-state index contributed by atoms with van der Waals surface area (Å²) in [6, 6.07) is 17.2. The molecule has 156 valence electrons. The minimum Gasteiger partial charge on any atom is -0.489 e. The molecule has 0 radical (unpaired) electrons. The lowest BCUT2D eigenvalue weighted by atomic mass is 10.1. The van der Waals surface area contributed by atoms with Crippen molar-refractivity contribution >= 4 is 24.2 Å². The number of piperazine rings is 1. The van der Waals surface area contributed by atoms with Crippen molar-refractivity contribution in [2.75, 3.05) is 39.8 Å². The van der Waals surface area contributed by atoms with E-state index in [4.69, 9.17) is 4.74 Å². The molecule has 0 unspecified atom stereocenters. The van der Waals surface area contributed by atoms with Crippen molar-refractivity contribution in [3.05, 3.63) is 65.7 Å². The number of carbonyl (C=O) groups is 2. The Balaban J connectivity index is 0.00000300. The molecule has 1 saturated heterocycles. The number of amides is 2. The van der Waals surface area contributed by atoms with Gasteiger partial charge in [-0.25, -0.2) is 0 Å². The minimum absolute atomic E-state index is 0. The van der Waals surface area contributed by atoms with E-state index in [0.717, 1.165) is 11.3 Å². The molecule has 0 bridgehead atoms. The van der Waals surface area contributed by atoms with Gasteiger partial charge in [-0.05, 0) is 36.9 Å². The van der Waals surface area contributed by atoms with Crippen LogP contribution in [0.1, 0.15) is 22.3 Å². The van der Waals surface area contributed by atoms with E-state index in [0.29, 0.717) is 51.3 Å². The Kier molecular flexibility index (Phi) is 8.96. The number of halogens is 1. The largest absolute Gasteiger partial charge is 0.489 e. The van der Waals surface area contributed by atoms with Crippen LogP contribution >= 0.6 is 12.4 Å². The first-order valence-electron chi connectivity index (χ1n) is 9.66. The van der Waals surface area contributed by atoms with Crippen molar-refractivity contribution < 1.29 is 14.3 Å². The fraction of sp³-hybridized carbons (Fsp3) is 0.364. The molecule has 2 aromatic carbocycles. The van der Waals surface area contributed by atoms with Gasteiger partial charge in [0, 0.05) is 44.7 Å². The number of carbonyl (C=O) groups excluding carboxylic acids is 2. The third-order valence-electron chi connectivity index (χ3n) is 4.86. The number of hydrogen-bond acceptors (Lipinski definition) is 4. The Morgan fingerprint density at radius 3 is 2.17 bits per heavy atom. The van der Waals surface area contributed by atoms with Gasteiger partial charge in [0.25, 0.3) is 5.91 Å². The van der Waals surface area contributed by atoms with E-state index in [1.54, 1.807) is 12.1 Å². The molecule has 0 spiro atoms. The second-order valence-corrected chi connectivity index (χ2v) is 6.83. The standard InChI is InChI=1S/C22H27N3O3.ClH/c1-23-12-11-21(26)24-13-15-25(16-14-24)22(27)19-7-9-20(10-8-19)28-17-18-5-3-2-4-6-18;/h2-10,23H,11-17H2,1H3;1H. The molecule has 0 aromatic heterocycles. The third kappa shape index (κ3) is 6.48. The Bertz CT molecular complexity index is 776. The molecule has 1 heterocycles. The lowest BCUT2D eigenvalue weighted by Gasteiger charge is -2.35. The van der Waals surface area contributed by atoms with Gasteiger partial charge >= 0.3 is 0 Å². The number of nitrogens with zero attached hydrogens (tertiary/aromatic N) is 2. The topological polar surface area (TPSA) is 61.9 Å². The predicted molar refractivity (Wildman–Crippen MR) is 115 cm³/mol. The van der Waals surface area contributed by atoms with E-state index >= 15 is 0 Å². The molecule has 0 atom stereocenters. The van der Waals surface area contributed by atoms with Crippen LogP contribution in [-0.4, -0.2) is 61.4 Å². The zero-order valence-corrected chi connectivity index (χ0v) is 17.5. The van der Waals surface area contributed by atoms with Crippen molar-refractivity contribution in [2.45, 2.75) is 13.0 Å². The Morgan fingerprint density at radius 2 is 1.55 bits per heavy atom. The highest BCUT2D eigenvalue weighted by Crippen LogP contribution is 2.16. The van der Waals surface area contributed by atoms with Crippen LogP contribution in [0.3, 0.4) is 0 Å². The number of benzene rings is 2. The molecule has 1 N–H and O–H groups in total. The molecular weight excluding hydrogens is 390 g/mol. The van der Waals surface area contributed by atoms with Gasteiger partial charge in [-0.2, -0.15) is 0 Å². The lowest BCUT2D eigenvalue weighted by Crippen LogP contribution is -2.50. The highest BCUT2D eigenvalue weighted by molar-refractivity contribution is 5.94. The normalized spacial score (nSPS) is 13.6. The Hall–Kier alpha value is -2.57. The molecule has 2 amide bonds. The van der Waals surface area contributed by atoms with Crippen LogP contribution in [0.25, 0.3) is 0 Å². The van der Waals surface area contributed by atoms with Crippen LogP contribution < -0.4 is 10.1 Å². The lowest BCUT2D eigenvalue weighted by molar-refractivity contribution is -0.132. The summed E-state index contributed by atoms with van der Waals surface area (Å²) >= 11 is 0. The number of ether oxygens (including phenoxy) is 1. The van der Waals surface area contributed by atoms with Crippen LogP contribution in [-0.2, 0) is 11.4 Å². The van der Waals surface area contributed by atoms with Crippen LogP contribution in [0, 0.1) is 0 Å². The second kappa shape index (κ2) is 11.4. The summed E-state index contributed by atoms with van der Waals surface area (Å²) in [5.41, 5.74) is 1.74. The fourth-order valence-corrected chi connectivity index (χ4v) is 3.17. The van der Waals surface area contributed by atoms with Crippen molar-refractivity contribution in [3.63, 3.8) is 0 Å². The molecule has 1 aliphatic rings. The van der Waals surface area contributed by atoms with Gasteiger partial charge in [0.05, 0.1) is 0 Å². The van der Waals surface area contributed by atoms with E-state index < -0.39 is 0 Å². The summed E-state index contributed by atoms with van der Waals surface area (Å²) < 4.78 is 5.77. The van der Waals surface area contributed by atoms with E-state index in [1.807, 2.05) is 59.3 Å². The zero-order valence-electron chi connectivity index (χ0n) is 16.7. The molecule has 0 saturated carbocycles. The SMILES string of the molecule is CNCCC(=O)N1CCN(C(=O)c2ccc(OCc3ccccc3)cc2)CC1.Cl. The maximum absolute atomic E-state index is 12.7. The summed E-state index contributed by atoms with van der Waals surface area (Å²) in [4.78, 5) is 28.4. The van der Waals surface area contributed by atoms with Gasteiger partial charge in [0.1, 0.15) is 12.4 Å². The molecular formula is C22H28ClN3O3. The monoisotopic (exact) mass is 417 g/mol. The van der Waals surface area contributed by atoms with Gasteiger partial charge < -0.3 is 19.9 Å². The zero-order chi connectivity index (χ0) is 19.8. The number of nitrogens with one attached hydrogen (secondary N) is 1. The Morgan fingerprint density at radius 1 is 0.931 bits per heavy atom. The van der Waals surface area contributed by atoms with E-state index in [-0.39, 0.29) is 24.2 Å². The quantitative estimate of drug-likeness (QED) is 0.752. The second-order valence-electron chi connectivity index (χ2n) is 6.83. The summed E-state index contributed by atoms with van der Waals surface area (Å²) in [7, 11) is 1.84. The summed E-state index contributed by atoms with van der Waals surface area (Å²) in [5.74, 6) is 0.874. The predicted octanol–water partition coefficient (Wildman–Crippen LogP) is 2.58. The number of rotatable bonds is 7. The molecule has 2 aromatic rings. The maximum Gasteiger partial charge on any atom is 0.253 e. The first-order chi connectivity index (χ1) is 13.7. The minimum atomic E-state index is -0.00284. The van der Waals surface area contributed by atoms with Crippen LogP contribution in [0.4, 0.5) is 0 Å². The maximum atomic E-state index is 12.7. The highest BCUT2D eigenvalue weighted by Gasteiger charge is 2.24. The van der Waals surface area contributed by atoms with Crippen molar-refractivity contribution in [2.24, 2.45) is 0 Å². The van der Waals surface area contributed by atoms with E-state index in [2.05, 4.69) is 5.32 Å². The smallest absolute Gasteiger partial charge is 0.253 e. The molecule has 29 heavy (non-hydrogen) atoms. The fourth-order valence-electron chi connectivity index (χ4n) is 3.17. The van der Waals surface area contributed by atoms with E-state index in [9.17, 15) is 9.59 Å². The molecule has 1 fully saturated rings. The summed E-state index contributed by atoms with van der Waals surface area (Å²) in [6.07, 6.45) is 0.495. The molecule has 0 aliphatic carbocycles. The van der Waals surface area contributed by atoms with Gasteiger partial charge in [0.15, 0.2) is 0 Å².